The van der Waals surface area contributed by atoms with E-state index in [4.69, 9.17) is 4.52 Å². The van der Waals surface area contributed by atoms with Crippen LogP contribution in [-0.2, 0) is 13.6 Å². The van der Waals surface area contributed by atoms with Crippen LogP contribution in [0.25, 0.3) is 0 Å². The van der Waals surface area contributed by atoms with Crippen molar-refractivity contribution >= 4 is 5.91 Å². The summed E-state index contributed by atoms with van der Waals surface area (Å²) in [6.45, 7) is 6.13. The minimum Gasteiger partial charge on any atom is -0.393 e. The molecule has 0 bridgehead atoms. The van der Waals surface area contributed by atoms with Crippen molar-refractivity contribution < 1.29 is 14.4 Å². The number of likely N-dealkylation sites (tertiary alicyclic amines) is 1. The van der Waals surface area contributed by atoms with Crippen LogP contribution >= 0.6 is 0 Å². The number of nitrogens with zero attached hydrogens (tertiary/aromatic N) is 4. The van der Waals surface area contributed by atoms with Gasteiger partial charge in [0.05, 0.1) is 24.9 Å². The number of piperidine rings is 1. The van der Waals surface area contributed by atoms with Crippen LogP contribution in [0.3, 0.4) is 0 Å². The zero-order chi connectivity index (χ0) is 18.0. The van der Waals surface area contributed by atoms with E-state index >= 15 is 0 Å². The van der Waals surface area contributed by atoms with Gasteiger partial charge in [-0.3, -0.25) is 14.4 Å². The van der Waals surface area contributed by atoms with Gasteiger partial charge in [-0.15, -0.1) is 0 Å². The first-order valence-electron chi connectivity index (χ1n) is 8.59. The van der Waals surface area contributed by atoms with E-state index in [1.165, 1.54) is 0 Å². The number of aromatic nitrogens is 3. The summed E-state index contributed by atoms with van der Waals surface area (Å²) in [7, 11) is 1.87. The molecule has 3 rings (SSSR count). The molecule has 3 heterocycles. The van der Waals surface area contributed by atoms with E-state index in [2.05, 4.69) is 20.5 Å². The van der Waals surface area contributed by atoms with E-state index in [1.807, 2.05) is 20.9 Å². The summed E-state index contributed by atoms with van der Waals surface area (Å²) in [5, 5.41) is 20.6. The Morgan fingerprint density at radius 3 is 2.84 bits per heavy atom. The Hall–Kier alpha value is -2.19. The highest BCUT2D eigenvalue weighted by Gasteiger charge is 2.21. The van der Waals surface area contributed by atoms with Gasteiger partial charge >= 0.3 is 0 Å². The molecule has 1 aliphatic heterocycles. The third-order valence-corrected chi connectivity index (χ3v) is 4.82. The van der Waals surface area contributed by atoms with Crippen molar-refractivity contribution in [1.29, 1.82) is 0 Å². The molecule has 8 heteroatoms. The van der Waals surface area contributed by atoms with Crippen molar-refractivity contribution in [1.82, 2.24) is 25.2 Å². The van der Waals surface area contributed by atoms with Gasteiger partial charge in [0.25, 0.3) is 5.91 Å². The van der Waals surface area contributed by atoms with E-state index < -0.39 is 0 Å². The summed E-state index contributed by atoms with van der Waals surface area (Å²) in [5.41, 5.74) is 2.27. The Morgan fingerprint density at radius 2 is 2.20 bits per heavy atom. The molecule has 0 aliphatic carbocycles. The molecule has 136 valence electrons. The molecule has 1 aliphatic rings. The largest absolute Gasteiger partial charge is 0.393 e. The smallest absolute Gasteiger partial charge is 0.273 e. The number of amides is 1. The van der Waals surface area contributed by atoms with Crippen LogP contribution in [0.15, 0.2) is 16.8 Å². The third-order valence-electron chi connectivity index (χ3n) is 4.82. The fourth-order valence-corrected chi connectivity index (χ4v) is 3.08. The Labute approximate surface area is 146 Å². The average molecular weight is 347 g/mol. The molecular formula is C17H25N5O3. The Bertz CT molecular complexity index is 730. The molecule has 1 fully saturated rings. The lowest BCUT2D eigenvalue weighted by Gasteiger charge is -2.28. The summed E-state index contributed by atoms with van der Waals surface area (Å²) in [6.07, 6.45) is 3.09. The highest BCUT2D eigenvalue weighted by molar-refractivity contribution is 5.92. The quantitative estimate of drug-likeness (QED) is 0.843. The van der Waals surface area contributed by atoms with Gasteiger partial charge in [-0.1, -0.05) is 5.16 Å². The monoisotopic (exact) mass is 347 g/mol. The topological polar surface area (TPSA) is 96.4 Å². The van der Waals surface area contributed by atoms with Crippen LogP contribution in [0.2, 0.25) is 0 Å². The molecule has 1 saturated heterocycles. The first-order chi connectivity index (χ1) is 11.9. The maximum atomic E-state index is 12.4. The zero-order valence-electron chi connectivity index (χ0n) is 14.9. The highest BCUT2D eigenvalue weighted by atomic mass is 16.5. The predicted octanol–water partition coefficient (Wildman–Crippen LogP) is 1.16. The zero-order valence-corrected chi connectivity index (χ0v) is 14.9. The first kappa shape index (κ1) is 17.6. The Balaban J connectivity index is 1.58. The summed E-state index contributed by atoms with van der Waals surface area (Å²) in [6, 6.07) is 1.52. The molecule has 0 aromatic carbocycles. The maximum Gasteiger partial charge on any atom is 0.273 e. The Kier molecular flexibility index (Phi) is 5.19. The summed E-state index contributed by atoms with van der Waals surface area (Å²) >= 11 is 0. The standard InChI is InChI=1S/C17H25N5O3/c1-11(15-9-18-21(3)12(15)2)19-17(24)16-8-14(25-20-16)10-22-6-4-13(23)5-7-22/h8-9,11,13,23H,4-7,10H2,1-3H3,(H,19,24)/t11-/m1/s1. The SMILES string of the molecule is Cc1c([C@@H](C)NC(=O)c2cc(CN3CCC(O)CC3)on2)cnn1C. The van der Waals surface area contributed by atoms with Gasteiger partial charge in [0.1, 0.15) is 0 Å². The number of rotatable bonds is 5. The number of carbonyl (C=O) groups excluding carboxylic acids is 1. The second kappa shape index (κ2) is 7.37. The summed E-state index contributed by atoms with van der Waals surface area (Å²) in [5.74, 6) is 0.395. The van der Waals surface area contributed by atoms with Crippen molar-refractivity contribution in [2.24, 2.45) is 7.05 Å². The lowest BCUT2D eigenvalue weighted by molar-refractivity contribution is 0.0748. The number of carbonyl (C=O) groups is 1. The molecule has 25 heavy (non-hydrogen) atoms. The van der Waals surface area contributed by atoms with Crippen LogP contribution in [0.5, 0.6) is 0 Å². The molecule has 1 amide bonds. The predicted molar refractivity (Wildman–Crippen MR) is 90.8 cm³/mol. The fraction of sp³-hybridized carbons (Fsp3) is 0.588. The van der Waals surface area contributed by atoms with E-state index in [1.54, 1.807) is 16.9 Å². The van der Waals surface area contributed by atoms with Gasteiger partial charge in [-0.25, -0.2) is 0 Å². The molecule has 0 saturated carbocycles. The van der Waals surface area contributed by atoms with Crippen molar-refractivity contribution in [3.63, 3.8) is 0 Å². The number of hydrogen-bond donors (Lipinski definition) is 2. The van der Waals surface area contributed by atoms with Crippen molar-refractivity contribution in [2.45, 2.75) is 45.4 Å². The van der Waals surface area contributed by atoms with Gasteiger partial charge in [-0.05, 0) is 26.7 Å². The highest BCUT2D eigenvalue weighted by Crippen LogP contribution is 2.18. The summed E-state index contributed by atoms with van der Waals surface area (Å²) in [4.78, 5) is 14.6. The average Bonchev–Trinajstić information content (AvgIpc) is 3.17. The third kappa shape index (κ3) is 4.08. The lowest BCUT2D eigenvalue weighted by atomic mass is 10.1. The van der Waals surface area contributed by atoms with Crippen molar-refractivity contribution in [2.75, 3.05) is 13.1 Å². The van der Waals surface area contributed by atoms with Crippen LogP contribution in [0.4, 0.5) is 0 Å². The second-order valence-corrected chi connectivity index (χ2v) is 6.69. The van der Waals surface area contributed by atoms with E-state index in [0.717, 1.165) is 37.2 Å². The van der Waals surface area contributed by atoms with E-state index in [-0.39, 0.29) is 23.7 Å². The number of hydrogen-bond acceptors (Lipinski definition) is 6. The molecule has 8 nitrogen and oxygen atoms in total. The molecule has 0 radical (unpaired) electrons. The van der Waals surface area contributed by atoms with E-state index in [9.17, 15) is 9.90 Å². The minimum absolute atomic E-state index is 0.162. The molecule has 0 unspecified atom stereocenters. The maximum absolute atomic E-state index is 12.4. The van der Waals surface area contributed by atoms with Gasteiger partial charge in [0.15, 0.2) is 11.5 Å². The molecule has 2 aromatic rings. The van der Waals surface area contributed by atoms with Gasteiger partial charge < -0.3 is 14.9 Å². The molecular weight excluding hydrogens is 322 g/mol. The van der Waals surface area contributed by atoms with Gasteiger partial charge in [0, 0.05) is 37.5 Å². The number of aryl methyl sites for hydroxylation is 1. The van der Waals surface area contributed by atoms with Crippen molar-refractivity contribution in [3.8, 4) is 0 Å². The number of aliphatic hydroxyl groups excluding tert-OH is 1. The number of aliphatic hydroxyl groups is 1. The van der Waals surface area contributed by atoms with Crippen LogP contribution in [-0.4, -0.2) is 50.0 Å². The first-order valence-corrected chi connectivity index (χ1v) is 8.59. The second-order valence-electron chi connectivity index (χ2n) is 6.69. The van der Waals surface area contributed by atoms with Crippen molar-refractivity contribution in [3.05, 3.63) is 35.0 Å². The fourth-order valence-electron chi connectivity index (χ4n) is 3.08. The molecule has 2 aromatic heterocycles. The normalized spacial score (nSPS) is 17.6. The molecule has 1 atom stereocenters. The van der Waals surface area contributed by atoms with E-state index in [0.29, 0.717) is 12.3 Å². The number of nitrogens with one attached hydrogen (secondary N) is 1. The van der Waals surface area contributed by atoms with Gasteiger partial charge in [0.2, 0.25) is 0 Å². The van der Waals surface area contributed by atoms with Crippen LogP contribution < -0.4 is 5.32 Å². The molecule has 2 N–H and O–H groups in total. The minimum atomic E-state index is -0.264. The Morgan fingerprint density at radius 1 is 1.48 bits per heavy atom. The van der Waals surface area contributed by atoms with Crippen LogP contribution in [0.1, 0.15) is 53.3 Å². The molecule has 0 spiro atoms. The lowest BCUT2D eigenvalue weighted by Crippen LogP contribution is -2.35. The van der Waals surface area contributed by atoms with Gasteiger partial charge in [-0.2, -0.15) is 5.10 Å². The van der Waals surface area contributed by atoms with Crippen LogP contribution in [0, 0.1) is 6.92 Å². The summed E-state index contributed by atoms with van der Waals surface area (Å²) < 4.78 is 7.08.